The van der Waals surface area contributed by atoms with Gasteiger partial charge in [-0.15, -0.1) is 6.42 Å². The summed E-state index contributed by atoms with van der Waals surface area (Å²) in [7, 11) is 0. The van der Waals surface area contributed by atoms with E-state index in [2.05, 4.69) is 32.8 Å². The molecule has 0 aromatic heterocycles. The van der Waals surface area contributed by atoms with Gasteiger partial charge in [0.25, 0.3) is 0 Å². The molecule has 0 aromatic carbocycles. The summed E-state index contributed by atoms with van der Waals surface area (Å²) in [5.74, 6) is 4.84. The summed E-state index contributed by atoms with van der Waals surface area (Å²) in [5, 5.41) is 21.3. The van der Waals surface area contributed by atoms with Crippen molar-refractivity contribution in [1.29, 1.82) is 0 Å². The number of hydrogen-bond acceptors (Lipinski definition) is 2. The number of aliphatic hydroxyl groups is 2. The van der Waals surface area contributed by atoms with Crippen LogP contribution in [-0.2, 0) is 0 Å². The van der Waals surface area contributed by atoms with Gasteiger partial charge in [0.2, 0.25) is 0 Å². The second-order valence-electron chi connectivity index (χ2n) is 9.66. The maximum Gasteiger partial charge on any atom is 0.133 e. The summed E-state index contributed by atoms with van der Waals surface area (Å²) < 4.78 is 0. The van der Waals surface area contributed by atoms with Crippen molar-refractivity contribution < 1.29 is 10.2 Å². The molecule has 0 heterocycles. The van der Waals surface area contributed by atoms with Gasteiger partial charge < -0.3 is 10.2 Å². The van der Waals surface area contributed by atoms with E-state index in [1.165, 1.54) is 5.57 Å². The van der Waals surface area contributed by atoms with Gasteiger partial charge in [-0.2, -0.15) is 0 Å². The van der Waals surface area contributed by atoms with Crippen LogP contribution in [0.15, 0.2) is 11.6 Å². The first kappa shape index (κ1) is 16.7. The van der Waals surface area contributed by atoms with Gasteiger partial charge in [-0.3, -0.25) is 0 Å². The van der Waals surface area contributed by atoms with Crippen molar-refractivity contribution in [1.82, 2.24) is 0 Å². The van der Waals surface area contributed by atoms with Crippen LogP contribution in [0.5, 0.6) is 0 Å². The normalized spacial score (nSPS) is 56.5. The Kier molecular flexibility index (Phi) is 3.56. The molecule has 3 fully saturated rings. The zero-order chi connectivity index (χ0) is 17.3. The topological polar surface area (TPSA) is 40.5 Å². The highest BCUT2D eigenvalue weighted by molar-refractivity contribution is 5.29. The second kappa shape index (κ2) is 5.12. The van der Waals surface area contributed by atoms with Crippen molar-refractivity contribution in [2.24, 2.45) is 34.5 Å². The number of hydrogen-bond donors (Lipinski definition) is 2. The molecule has 0 saturated heterocycles. The summed E-state index contributed by atoms with van der Waals surface area (Å²) in [5.41, 5.74) is 0.669. The molecule has 0 aromatic rings. The molecule has 1 unspecified atom stereocenters. The summed E-state index contributed by atoms with van der Waals surface area (Å²) in [6.45, 7) is 6.83. The molecule has 2 nitrogen and oxygen atoms in total. The first-order chi connectivity index (χ1) is 11.3. The molecule has 2 heteroatoms. The molecular weight excluding hydrogens is 296 g/mol. The summed E-state index contributed by atoms with van der Waals surface area (Å²) >= 11 is 0. The molecule has 0 bridgehead atoms. The molecular formula is C22H32O2. The van der Waals surface area contributed by atoms with Gasteiger partial charge in [0.15, 0.2) is 0 Å². The van der Waals surface area contributed by atoms with Gasteiger partial charge in [-0.1, -0.05) is 38.3 Å². The summed E-state index contributed by atoms with van der Waals surface area (Å²) in [6.07, 6.45) is 15.4. The van der Waals surface area contributed by atoms with Crippen LogP contribution in [0.2, 0.25) is 0 Å². The van der Waals surface area contributed by atoms with Crippen molar-refractivity contribution in [3.8, 4) is 12.3 Å². The number of fused-ring (bicyclic) bond motifs is 5. The summed E-state index contributed by atoms with van der Waals surface area (Å²) in [4.78, 5) is 0. The van der Waals surface area contributed by atoms with Crippen LogP contribution in [0.1, 0.15) is 65.7 Å². The lowest BCUT2D eigenvalue weighted by Crippen LogP contribution is -2.55. The molecule has 4 rings (SSSR count). The predicted molar refractivity (Wildman–Crippen MR) is 96.0 cm³/mol. The third kappa shape index (κ3) is 1.86. The first-order valence-corrected chi connectivity index (χ1v) is 9.84. The highest BCUT2D eigenvalue weighted by Gasteiger charge is 2.65. The zero-order valence-corrected chi connectivity index (χ0v) is 15.4. The molecule has 0 radical (unpaired) electrons. The average molecular weight is 328 g/mol. The van der Waals surface area contributed by atoms with Crippen LogP contribution in [-0.4, -0.2) is 21.9 Å². The Labute approximate surface area is 146 Å². The minimum absolute atomic E-state index is 0.141. The van der Waals surface area contributed by atoms with E-state index in [4.69, 9.17) is 6.42 Å². The number of rotatable bonds is 0. The van der Waals surface area contributed by atoms with Gasteiger partial charge in [0, 0.05) is 5.41 Å². The number of allylic oxidation sites excluding steroid dienone is 1. The Balaban J connectivity index is 1.71. The quantitative estimate of drug-likeness (QED) is 0.523. The van der Waals surface area contributed by atoms with Crippen molar-refractivity contribution in [2.75, 3.05) is 0 Å². The minimum Gasteiger partial charge on any atom is -0.393 e. The Morgan fingerprint density at radius 2 is 1.96 bits per heavy atom. The van der Waals surface area contributed by atoms with Crippen LogP contribution in [0.4, 0.5) is 0 Å². The van der Waals surface area contributed by atoms with Crippen LogP contribution in [0, 0.1) is 46.8 Å². The van der Waals surface area contributed by atoms with Crippen molar-refractivity contribution in [3.63, 3.8) is 0 Å². The maximum absolute atomic E-state index is 11.3. The van der Waals surface area contributed by atoms with E-state index >= 15 is 0 Å². The van der Waals surface area contributed by atoms with E-state index in [0.29, 0.717) is 17.8 Å². The highest BCUT2D eigenvalue weighted by atomic mass is 16.3. The van der Waals surface area contributed by atoms with E-state index in [9.17, 15) is 10.2 Å². The van der Waals surface area contributed by atoms with E-state index in [1.807, 2.05) is 0 Å². The largest absolute Gasteiger partial charge is 0.393 e. The zero-order valence-electron chi connectivity index (χ0n) is 15.4. The molecule has 0 amide bonds. The molecule has 2 N–H and O–H groups in total. The van der Waals surface area contributed by atoms with Gasteiger partial charge in [-0.25, -0.2) is 0 Å². The van der Waals surface area contributed by atoms with Crippen LogP contribution in [0.3, 0.4) is 0 Å². The van der Waals surface area contributed by atoms with Crippen LogP contribution < -0.4 is 0 Å². The van der Waals surface area contributed by atoms with Crippen molar-refractivity contribution in [3.05, 3.63) is 11.6 Å². The lowest BCUT2D eigenvalue weighted by Gasteiger charge is -2.58. The molecule has 4 aliphatic rings. The predicted octanol–water partition coefficient (Wildman–Crippen LogP) is 3.92. The van der Waals surface area contributed by atoms with Gasteiger partial charge >= 0.3 is 0 Å². The third-order valence-corrected chi connectivity index (χ3v) is 8.88. The standard InChI is InChI=1S/C22H32O2/c1-5-22(24)14(2)12-19-17-7-6-15-13-16(23)8-10-20(15,3)18(17)9-11-21(19,22)4/h1,6,14,16-19,23-24H,7-13H2,2-4H3/t14-,16?,17+,18-,19-,20-,21-,22-/m0/s1. The van der Waals surface area contributed by atoms with Gasteiger partial charge in [0.1, 0.15) is 5.60 Å². The van der Waals surface area contributed by atoms with Gasteiger partial charge in [0.05, 0.1) is 6.10 Å². The third-order valence-electron chi connectivity index (χ3n) is 8.88. The fraction of sp³-hybridized carbons (Fsp3) is 0.818. The molecule has 8 atom stereocenters. The average Bonchev–Trinajstić information content (AvgIpc) is 2.76. The Morgan fingerprint density at radius 3 is 2.67 bits per heavy atom. The Hall–Kier alpha value is -0.780. The van der Waals surface area contributed by atoms with Crippen LogP contribution in [0.25, 0.3) is 0 Å². The fourth-order valence-electron chi connectivity index (χ4n) is 7.29. The van der Waals surface area contributed by atoms with E-state index in [0.717, 1.165) is 44.9 Å². The van der Waals surface area contributed by atoms with Gasteiger partial charge in [-0.05, 0) is 74.0 Å². The fourth-order valence-corrected chi connectivity index (χ4v) is 7.29. The second-order valence-corrected chi connectivity index (χ2v) is 9.66. The van der Waals surface area contributed by atoms with E-state index in [1.54, 1.807) is 0 Å². The molecule has 0 spiro atoms. The smallest absolute Gasteiger partial charge is 0.133 e. The Bertz CT molecular complexity index is 616. The monoisotopic (exact) mass is 328 g/mol. The first-order valence-electron chi connectivity index (χ1n) is 9.84. The lowest BCUT2D eigenvalue weighted by molar-refractivity contribution is -0.104. The van der Waals surface area contributed by atoms with Crippen LogP contribution >= 0.6 is 0 Å². The van der Waals surface area contributed by atoms with Crippen molar-refractivity contribution >= 4 is 0 Å². The molecule has 0 aliphatic heterocycles. The van der Waals surface area contributed by atoms with E-state index < -0.39 is 5.60 Å². The maximum atomic E-state index is 11.3. The number of terminal acetylenes is 1. The van der Waals surface area contributed by atoms with Crippen molar-refractivity contribution in [2.45, 2.75) is 77.4 Å². The number of aliphatic hydroxyl groups excluding tert-OH is 1. The summed E-state index contributed by atoms with van der Waals surface area (Å²) in [6, 6.07) is 0. The Morgan fingerprint density at radius 1 is 1.21 bits per heavy atom. The lowest BCUT2D eigenvalue weighted by atomic mass is 9.47. The molecule has 24 heavy (non-hydrogen) atoms. The van der Waals surface area contributed by atoms with E-state index in [-0.39, 0.29) is 22.9 Å². The highest BCUT2D eigenvalue weighted by Crippen LogP contribution is 2.68. The molecule has 3 saturated carbocycles. The molecule has 132 valence electrons. The minimum atomic E-state index is -0.948. The molecule has 4 aliphatic carbocycles. The SMILES string of the molecule is C#C[C@]1(O)[C@@H](C)C[C@H]2[C@@H]3CC=C4CC(O)CC[C@]4(C)[C@H]3CC[C@@]21C.